The minimum atomic E-state index is -0.516. The Morgan fingerprint density at radius 1 is 1.21 bits per heavy atom. The Morgan fingerprint density at radius 2 is 1.71 bits per heavy atom. The maximum atomic E-state index is 10.7. The van der Waals surface area contributed by atoms with Crippen molar-refractivity contribution >= 4 is 11.4 Å². The van der Waals surface area contributed by atoms with Gasteiger partial charge in [0, 0.05) is 13.1 Å². The van der Waals surface area contributed by atoms with E-state index in [1.807, 2.05) is 0 Å². The zero-order chi connectivity index (χ0) is 17.9. The first-order valence-electron chi connectivity index (χ1n) is 8.61. The van der Waals surface area contributed by atoms with Crippen molar-refractivity contribution in [2.45, 2.75) is 58.8 Å². The van der Waals surface area contributed by atoms with Gasteiger partial charge in [-0.05, 0) is 6.08 Å². The van der Waals surface area contributed by atoms with Crippen molar-refractivity contribution in [3.05, 3.63) is 33.7 Å². The van der Waals surface area contributed by atoms with Gasteiger partial charge in [0.1, 0.15) is 12.4 Å². The maximum Gasteiger partial charge on any atom is 0.296 e. The molecule has 1 fully saturated rings. The van der Waals surface area contributed by atoms with Crippen LogP contribution < -0.4 is 0 Å². The fourth-order valence-electron chi connectivity index (χ4n) is 2.56. The van der Waals surface area contributed by atoms with E-state index in [1.54, 1.807) is 0 Å². The normalized spacial score (nSPS) is 20.6. The number of aliphatic imine (C=N–C) groups is 2. The molecule has 0 amide bonds. The van der Waals surface area contributed by atoms with Crippen molar-refractivity contribution in [1.29, 1.82) is 0 Å². The number of hydrogen-bond acceptors (Lipinski definition) is 6. The number of nitro groups is 1. The topological polar surface area (TPSA) is 91.3 Å². The lowest BCUT2D eigenvalue weighted by molar-refractivity contribution is -0.414. The highest BCUT2D eigenvalue weighted by Gasteiger charge is 2.34. The minimum absolute atomic E-state index is 0.0824. The Labute approximate surface area is 143 Å². The lowest BCUT2D eigenvalue weighted by atomic mass is 10.0. The van der Waals surface area contributed by atoms with Gasteiger partial charge in [-0.2, -0.15) is 0 Å². The molecule has 3 aliphatic rings. The molecule has 0 atom stereocenters. The molecule has 0 aromatic heterocycles. The highest BCUT2D eigenvalue weighted by Crippen LogP contribution is 2.21. The van der Waals surface area contributed by atoms with Crippen LogP contribution in [0.1, 0.15) is 58.8 Å². The Balaban J connectivity index is 0.000000265. The van der Waals surface area contributed by atoms with Crippen LogP contribution in [0.4, 0.5) is 0 Å². The zero-order valence-corrected chi connectivity index (χ0v) is 14.9. The Morgan fingerprint density at radius 3 is 2.12 bits per heavy atom. The molecule has 134 valence electrons. The van der Waals surface area contributed by atoms with E-state index in [9.17, 15) is 15.3 Å². The summed E-state index contributed by atoms with van der Waals surface area (Å²) in [5, 5.41) is 21.0. The molecule has 0 bridgehead atoms. The van der Waals surface area contributed by atoms with Crippen molar-refractivity contribution in [2.24, 2.45) is 9.98 Å². The van der Waals surface area contributed by atoms with Gasteiger partial charge in [0.2, 0.25) is 0 Å². The fourth-order valence-corrected chi connectivity index (χ4v) is 2.56. The van der Waals surface area contributed by atoms with Crippen molar-refractivity contribution in [2.75, 3.05) is 13.7 Å². The molecule has 7 nitrogen and oxygen atoms in total. The van der Waals surface area contributed by atoms with Gasteiger partial charge in [0.15, 0.2) is 5.71 Å². The van der Waals surface area contributed by atoms with Gasteiger partial charge >= 0.3 is 0 Å². The van der Waals surface area contributed by atoms with E-state index in [2.05, 4.69) is 23.8 Å². The molecule has 0 aromatic carbocycles. The van der Waals surface area contributed by atoms with Gasteiger partial charge in [-0.15, -0.1) is 0 Å². The molecular weight excluding hydrogens is 308 g/mol. The van der Waals surface area contributed by atoms with Crippen LogP contribution in [-0.4, -0.2) is 40.3 Å². The predicted octanol–water partition coefficient (Wildman–Crippen LogP) is 3.98. The number of hydroxylamine groups is 2. The first-order chi connectivity index (χ1) is 11.6. The summed E-state index contributed by atoms with van der Waals surface area (Å²) in [6, 6.07) is 0. The van der Waals surface area contributed by atoms with Crippen LogP contribution >= 0.6 is 0 Å². The van der Waals surface area contributed by atoms with Crippen LogP contribution in [0.5, 0.6) is 0 Å². The summed E-state index contributed by atoms with van der Waals surface area (Å²) in [5.41, 5.74) is 0.916. The molecule has 1 aliphatic heterocycles. The largest absolute Gasteiger partial charge is 0.296 e. The lowest BCUT2D eigenvalue weighted by Gasteiger charge is -2.13. The van der Waals surface area contributed by atoms with E-state index in [0.29, 0.717) is 11.4 Å². The summed E-state index contributed by atoms with van der Waals surface area (Å²) in [5.74, 6) is 0. The van der Waals surface area contributed by atoms with Crippen LogP contribution in [0.3, 0.4) is 0 Å². The fraction of sp³-hybridized carbons (Fsp3) is 0.647. The number of fused-ring (bicyclic) bond motifs is 1. The minimum Gasteiger partial charge on any atom is -0.287 e. The summed E-state index contributed by atoms with van der Waals surface area (Å²) < 4.78 is 0. The summed E-state index contributed by atoms with van der Waals surface area (Å²) >= 11 is 0. The van der Waals surface area contributed by atoms with Gasteiger partial charge in [0.05, 0.1) is 10.6 Å². The van der Waals surface area contributed by atoms with E-state index >= 15 is 0 Å². The monoisotopic (exact) mass is 336 g/mol. The van der Waals surface area contributed by atoms with Crippen LogP contribution in [-0.2, 0) is 0 Å². The molecule has 24 heavy (non-hydrogen) atoms. The first-order valence-corrected chi connectivity index (χ1v) is 8.61. The van der Waals surface area contributed by atoms with Crippen molar-refractivity contribution < 1.29 is 10.1 Å². The van der Waals surface area contributed by atoms with Crippen LogP contribution in [0.2, 0.25) is 0 Å². The summed E-state index contributed by atoms with van der Waals surface area (Å²) in [7, 11) is 1.46. The molecule has 3 rings (SSSR count). The highest BCUT2D eigenvalue weighted by molar-refractivity contribution is 6.53. The number of allylic oxidation sites excluding steroid dienone is 4. The van der Waals surface area contributed by atoms with Gasteiger partial charge in [0.25, 0.3) is 5.70 Å². The number of nitrogens with zero attached hydrogens (tertiary/aromatic N) is 4. The molecule has 0 radical (unpaired) electrons. The van der Waals surface area contributed by atoms with E-state index in [4.69, 9.17) is 0 Å². The molecule has 0 spiro atoms. The molecule has 0 aromatic rings. The third-order valence-electron chi connectivity index (χ3n) is 3.67. The van der Waals surface area contributed by atoms with Gasteiger partial charge in [-0.3, -0.25) is 25.3 Å². The second-order valence-corrected chi connectivity index (χ2v) is 5.81. The van der Waals surface area contributed by atoms with Crippen LogP contribution in [0.15, 0.2) is 33.5 Å². The summed E-state index contributed by atoms with van der Waals surface area (Å²) in [6.45, 7) is 4.33. The van der Waals surface area contributed by atoms with Crippen molar-refractivity contribution in [3.63, 3.8) is 0 Å². The van der Waals surface area contributed by atoms with E-state index in [0.717, 1.165) is 5.06 Å². The van der Waals surface area contributed by atoms with Crippen LogP contribution in [0, 0.1) is 10.1 Å². The third kappa shape index (κ3) is 5.56. The highest BCUT2D eigenvalue weighted by atomic mass is 16.6. The molecule has 0 saturated heterocycles. The molecule has 2 aliphatic carbocycles. The smallest absolute Gasteiger partial charge is 0.287 e. The Bertz CT molecular complexity index is 535. The van der Waals surface area contributed by atoms with Crippen LogP contribution in [0.25, 0.3) is 0 Å². The second-order valence-electron chi connectivity index (χ2n) is 5.81. The van der Waals surface area contributed by atoms with E-state index in [1.165, 1.54) is 64.1 Å². The average molecular weight is 336 g/mol. The third-order valence-corrected chi connectivity index (χ3v) is 3.67. The molecule has 7 heteroatoms. The molecule has 1 heterocycles. The summed E-state index contributed by atoms with van der Waals surface area (Å²) in [6.07, 6.45) is 13.0. The maximum absolute atomic E-state index is 10.7. The SMILES string of the molecule is C1CCCCC1.CCC.CN=C1C([N+](=O)[O-])=CC=C2C1=NCN2O. The van der Waals surface area contributed by atoms with Gasteiger partial charge in [-0.25, -0.2) is 5.06 Å². The van der Waals surface area contributed by atoms with E-state index < -0.39 is 4.92 Å². The second kappa shape index (κ2) is 10.7. The van der Waals surface area contributed by atoms with Crippen molar-refractivity contribution in [3.8, 4) is 0 Å². The molecule has 1 saturated carbocycles. The predicted molar refractivity (Wildman–Crippen MR) is 96.1 cm³/mol. The number of rotatable bonds is 1. The zero-order valence-electron chi connectivity index (χ0n) is 14.9. The van der Waals surface area contributed by atoms with Gasteiger partial charge in [-0.1, -0.05) is 58.8 Å². The Hall–Kier alpha value is -2.02. The standard InChI is InChI=1S/C8H8N4O3.C6H12.C3H8/c1-9-7-6(12(14)15)3-2-5-8(7)10-4-11(5)13;1-2-4-6-5-3-1;1-3-2/h2-3,13H,4H2,1H3;1-6H2;3H2,1-2H3. The molecule has 1 N–H and O–H groups in total. The summed E-state index contributed by atoms with van der Waals surface area (Å²) in [4.78, 5) is 18.0. The Kier molecular flexibility index (Phi) is 8.93. The lowest BCUT2D eigenvalue weighted by Crippen LogP contribution is -2.28. The molecular formula is C17H28N4O3. The quantitative estimate of drug-likeness (QED) is 0.445. The van der Waals surface area contributed by atoms with E-state index in [-0.39, 0.29) is 18.1 Å². The number of hydrogen-bond donors (Lipinski definition) is 1. The molecule has 0 unspecified atom stereocenters. The van der Waals surface area contributed by atoms with Gasteiger partial charge < -0.3 is 0 Å². The average Bonchev–Trinajstić information content (AvgIpc) is 2.98. The van der Waals surface area contributed by atoms with Crippen molar-refractivity contribution in [1.82, 2.24) is 5.06 Å². The first kappa shape index (κ1) is 20.0.